The monoisotopic (exact) mass is 154 g/mol. The smallest absolute Gasteiger partial charge is 0.244 e. The fourth-order valence-electron chi connectivity index (χ4n) is 1.60. The Balaban J connectivity index is 2.60. The Hall–Kier alpha value is -0.830. The van der Waals surface area contributed by atoms with Crippen molar-refractivity contribution in [1.82, 2.24) is 0 Å². The summed E-state index contributed by atoms with van der Waals surface area (Å²) in [7, 11) is 0. The Labute approximate surface area is 66.4 Å². The lowest BCUT2D eigenvalue weighted by molar-refractivity contribution is -0.115. The molecule has 0 aliphatic heterocycles. The molecule has 1 aliphatic rings. The highest BCUT2D eigenvalue weighted by atomic mass is 16.1. The molecule has 62 valence electrons. The third-order valence-electron chi connectivity index (χ3n) is 2.33. The molecule has 0 aromatic carbocycles. The summed E-state index contributed by atoms with van der Waals surface area (Å²) in [4.78, 5) is 10.7. The molecule has 4 N–H and O–H groups in total. The molecule has 0 heterocycles. The van der Waals surface area contributed by atoms with Crippen LogP contribution in [0.5, 0.6) is 0 Å². The van der Waals surface area contributed by atoms with Crippen LogP contribution in [0.3, 0.4) is 0 Å². The molecule has 1 rings (SSSR count). The quantitative estimate of drug-likeness (QED) is 0.556. The maximum absolute atomic E-state index is 10.7. The highest BCUT2D eigenvalue weighted by molar-refractivity contribution is 5.91. The molecule has 0 aromatic heterocycles. The maximum Gasteiger partial charge on any atom is 0.244 e. The van der Waals surface area contributed by atoms with Gasteiger partial charge in [-0.1, -0.05) is 13.0 Å². The number of rotatable bonds is 2. The fraction of sp³-hybridized carbons (Fsp3) is 0.625. The average molecular weight is 154 g/mol. The number of hydrogen-bond acceptors (Lipinski definition) is 2. The van der Waals surface area contributed by atoms with Crippen LogP contribution in [0.15, 0.2) is 12.2 Å². The lowest BCUT2D eigenvalue weighted by Crippen LogP contribution is -2.30. The minimum atomic E-state index is -0.410. The molecule has 0 aromatic rings. The summed E-state index contributed by atoms with van der Waals surface area (Å²) in [6.07, 6.45) is 3.03. The number of carbonyl (C=O) groups excluding carboxylic acids is 1. The Morgan fingerprint density at radius 2 is 2.09 bits per heavy atom. The second-order valence-electron chi connectivity index (χ2n) is 3.09. The molecule has 1 amide bonds. The maximum atomic E-state index is 10.7. The summed E-state index contributed by atoms with van der Waals surface area (Å²) in [6, 6.07) is 0.0926. The van der Waals surface area contributed by atoms with Gasteiger partial charge in [0.1, 0.15) is 0 Å². The average Bonchev–Trinajstić information content (AvgIpc) is 2.33. The second-order valence-corrected chi connectivity index (χ2v) is 3.09. The van der Waals surface area contributed by atoms with Crippen molar-refractivity contribution in [2.45, 2.75) is 25.3 Å². The molecule has 0 unspecified atom stereocenters. The van der Waals surface area contributed by atoms with Crippen molar-refractivity contribution in [2.75, 3.05) is 0 Å². The normalized spacial score (nSPS) is 30.3. The summed E-state index contributed by atoms with van der Waals surface area (Å²) in [5.41, 5.74) is 11.3. The summed E-state index contributed by atoms with van der Waals surface area (Å²) in [5.74, 6) is -0.278. The Kier molecular flexibility index (Phi) is 2.29. The van der Waals surface area contributed by atoms with E-state index in [0.29, 0.717) is 5.57 Å². The Bertz CT molecular complexity index is 189. The summed E-state index contributed by atoms with van der Waals surface area (Å²) < 4.78 is 0. The van der Waals surface area contributed by atoms with Gasteiger partial charge in [0, 0.05) is 17.5 Å². The molecule has 0 radical (unpaired) electrons. The van der Waals surface area contributed by atoms with Crippen molar-refractivity contribution in [3.8, 4) is 0 Å². The van der Waals surface area contributed by atoms with Crippen LogP contribution in [0.1, 0.15) is 19.3 Å². The number of amides is 1. The third kappa shape index (κ3) is 1.60. The van der Waals surface area contributed by atoms with Gasteiger partial charge in [0.05, 0.1) is 0 Å². The topological polar surface area (TPSA) is 69.1 Å². The molecule has 0 bridgehead atoms. The van der Waals surface area contributed by atoms with Crippen LogP contribution in [-0.4, -0.2) is 11.9 Å². The summed E-state index contributed by atoms with van der Waals surface area (Å²) in [6.45, 7) is 3.63. The SMILES string of the molecule is C=C(C(N)=O)[C@@H]1CCC[C@H]1N. The first-order chi connectivity index (χ1) is 5.13. The van der Waals surface area contributed by atoms with Gasteiger partial charge in [-0.3, -0.25) is 4.79 Å². The van der Waals surface area contributed by atoms with Gasteiger partial charge < -0.3 is 11.5 Å². The van der Waals surface area contributed by atoms with Crippen molar-refractivity contribution in [3.63, 3.8) is 0 Å². The minimum absolute atomic E-state index is 0.0926. The third-order valence-corrected chi connectivity index (χ3v) is 2.33. The van der Waals surface area contributed by atoms with E-state index < -0.39 is 5.91 Å². The van der Waals surface area contributed by atoms with Crippen LogP contribution in [0.4, 0.5) is 0 Å². The van der Waals surface area contributed by atoms with E-state index in [1.807, 2.05) is 0 Å². The van der Waals surface area contributed by atoms with E-state index in [4.69, 9.17) is 11.5 Å². The lowest BCUT2D eigenvalue weighted by atomic mass is 9.95. The summed E-state index contributed by atoms with van der Waals surface area (Å²) in [5, 5.41) is 0. The first kappa shape index (κ1) is 8.27. The molecular weight excluding hydrogens is 140 g/mol. The van der Waals surface area contributed by atoms with Crippen LogP contribution >= 0.6 is 0 Å². The van der Waals surface area contributed by atoms with Gasteiger partial charge in [-0.25, -0.2) is 0 Å². The van der Waals surface area contributed by atoms with Crippen molar-refractivity contribution in [3.05, 3.63) is 12.2 Å². The first-order valence-corrected chi connectivity index (χ1v) is 3.87. The number of carbonyl (C=O) groups is 1. The molecular formula is C8H14N2O. The standard InChI is InChI=1S/C8H14N2O/c1-5(8(10)11)6-3-2-4-7(6)9/h6-7H,1-4,9H2,(H2,10,11)/t6-,7+/m0/s1. The van der Waals surface area contributed by atoms with Crippen LogP contribution in [0.2, 0.25) is 0 Å². The fourth-order valence-corrected chi connectivity index (χ4v) is 1.60. The zero-order valence-electron chi connectivity index (χ0n) is 6.55. The van der Waals surface area contributed by atoms with Gasteiger partial charge in [-0.15, -0.1) is 0 Å². The largest absolute Gasteiger partial charge is 0.366 e. The van der Waals surface area contributed by atoms with Crippen molar-refractivity contribution in [2.24, 2.45) is 17.4 Å². The van der Waals surface area contributed by atoms with E-state index in [2.05, 4.69) is 6.58 Å². The zero-order chi connectivity index (χ0) is 8.43. The predicted molar refractivity (Wildman–Crippen MR) is 43.7 cm³/mol. The van der Waals surface area contributed by atoms with E-state index in [9.17, 15) is 4.79 Å². The lowest BCUT2D eigenvalue weighted by Gasteiger charge is -2.14. The molecule has 3 heteroatoms. The molecule has 0 saturated heterocycles. The van der Waals surface area contributed by atoms with Gasteiger partial charge >= 0.3 is 0 Å². The Morgan fingerprint density at radius 1 is 1.45 bits per heavy atom. The summed E-state index contributed by atoms with van der Waals surface area (Å²) >= 11 is 0. The van der Waals surface area contributed by atoms with E-state index in [0.717, 1.165) is 19.3 Å². The predicted octanol–water partition coefficient (Wildman–Crippen LogP) is 0.155. The molecule has 1 fully saturated rings. The van der Waals surface area contributed by atoms with E-state index in [1.54, 1.807) is 0 Å². The number of hydrogen-bond donors (Lipinski definition) is 2. The minimum Gasteiger partial charge on any atom is -0.366 e. The molecule has 1 saturated carbocycles. The van der Waals surface area contributed by atoms with E-state index >= 15 is 0 Å². The van der Waals surface area contributed by atoms with Gasteiger partial charge in [0.15, 0.2) is 0 Å². The molecule has 2 atom stereocenters. The van der Waals surface area contributed by atoms with Crippen molar-refractivity contribution < 1.29 is 4.79 Å². The van der Waals surface area contributed by atoms with Gasteiger partial charge in [-0.2, -0.15) is 0 Å². The van der Waals surface area contributed by atoms with E-state index in [-0.39, 0.29) is 12.0 Å². The second kappa shape index (κ2) is 3.05. The molecule has 11 heavy (non-hydrogen) atoms. The highest BCUT2D eigenvalue weighted by Crippen LogP contribution is 2.28. The van der Waals surface area contributed by atoms with E-state index in [1.165, 1.54) is 0 Å². The van der Waals surface area contributed by atoms with Gasteiger partial charge in [0.2, 0.25) is 5.91 Å². The van der Waals surface area contributed by atoms with Crippen LogP contribution < -0.4 is 11.5 Å². The zero-order valence-corrected chi connectivity index (χ0v) is 6.55. The number of primary amides is 1. The van der Waals surface area contributed by atoms with Gasteiger partial charge in [-0.05, 0) is 12.8 Å². The van der Waals surface area contributed by atoms with Crippen LogP contribution in [-0.2, 0) is 4.79 Å². The Morgan fingerprint density at radius 3 is 2.45 bits per heavy atom. The number of nitrogens with two attached hydrogens (primary N) is 2. The highest BCUT2D eigenvalue weighted by Gasteiger charge is 2.28. The van der Waals surface area contributed by atoms with Gasteiger partial charge in [0.25, 0.3) is 0 Å². The first-order valence-electron chi connectivity index (χ1n) is 3.87. The van der Waals surface area contributed by atoms with Crippen LogP contribution in [0.25, 0.3) is 0 Å². The van der Waals surface area contributed by atoms with Crippen molar-refractivity contribution in [1.29, 1.82) is 0 Å². The molecule has 3 nitrogen and oxygen atoms in total. The molecule has 0 spiro atoms. The van der Waals surface area contributed by atoms with Crippen LogP contribution in [0, 0.1) is 5.92 Å². The van der Waals surface area contributed by atoms with Crippen molar-refractivity contribution >= 4 is 5.91 Å². The molecule has 1 aliphatic carbocycles.